The third-order valence-corrected chi connectivity index (χ3v) is 2.77. The molecule has 0 bridgehead atoms. The molecule has 0 heterocycles. The molecule has 3 heteroatoms. The standard InChI is InChI=1S/C16H28O3/c1-5-7-8-9-10-11-12-13-18-15(6-2)19-16(17)14(3)4/h6H,3,5,7-13H2,1-2,4H3/b15-6-. The molecular formula is C16H28O3. The molecule has 0 atom stereocenters. The van der Waals surface area contributed by atoms with Crippen LogP contribution in [-0.2, 0) is 14.3 Å². The van der Waals surface area contributed by atoms with Crippen LogP contribution in [-0.4, -0.2) is 12.6 Å². The van der Waals surface area contributed by atoms with Gasteiger partial charge in [0, 0.05) is 5.57 Å². The number of allylic oxidation sites excluding steroid dienone is 1. The number of esters is 1. The molecule has 0 rings (SSSR count). The van der Waals surface area contributed by atoms with Gasteiger partial charge in [-0.2, -0.15) is 0 Å². The number of unbranched alkanes of at least 4 members (excludes halogenated alkanes) is 6. The van der Waals surface area contributed by atoms with Crippen LogP contribution in [0.1, 0.15) is 65.7 Å². The van der Waals surface area contributed by atoms with Gasteiger partial charge in [0.1, 0.15) is 0 Å². The molecule has 0 saturated heterocycles. The Hall–Kier alpha value is -1.25. The lowest BCUT2D eigenvalue weighted by Crippen LogP contribution is -2.08. The van der Waals surface area contributed by atoms with Crippen LogP contribution in [0.25, 0.3) is 0 Å². The maximum Gasteiger partial charge on any atom is 0.340 e. The topological polar surface area (TPSA) is 35.5 Å². The number of carbonyl (C=O) groups is 1. The van der Waals surface area contributed by atoms with Gasteiger partial charge in [0.05, 0.1) is 6.61 Å². The summed E-state index contributed by atoms with van der Waals surface area (Å²) >= 11 is 0. The summed E-state index contributed by atoms with van der Waals surface area (Å²) in [4.78, 5) is 11.3. The zero-order chi connectivity index (χ0) is 14.5. The maximum atomic E-state index is 11.3. The average molecular weight is 268 g/mol. The van der Waals surface area contributed by atoms with Crippen LogP contribution in [0.2, 0.25) is 0 Å². The van der Waals surface area contributed by atoms with Crippen LogP contribution < -0.4 is 0 Å². The second kappa shape index (κ2) is 11.8. The van der Waals surface area contributed by atoms with E-state index >= 15 is 0 Å². The molecule has 0 N–H and O–H groups in total. The number of hydrogen-bond donors (Lipinski definition) is 0. The Balaban J connectivity index is 3.58. The van der Waals surface area contributed by atoms with Crippen molar-refractivity contribution in [3.05, 3.63) is 24.2 Å². The van der Waals surface area contributed by atoms with Gasteiger partial charge in [0.25, 0.3) is 5.95 Å². The van der Waals surface area contributed by atoms with E-state index in [1.807, 2.05) is 0 Å². The van der Waals surface area contributed by atoms with E-state index < -0.39 is 5.97 Å². The zero-order valence-electron chi connectivity index (χ0n) is 12.7. The summed E-state index contributed by atoms with van der Waals surface area (Å²) in [5.74, 6) is -0.161. The number of rotatable bonds is 11. The SMILES string of the molecule is C=C(C)C(=O)O/C(=C\C)OCCCCCCCCC. The highest BCUT2D eigenvalue weighted by Crippen LogP contribution is 2.09. The normalized spacial score (nSPS) is 11.2. The first kappa shape index (κ1) is 17.8. The van der Waals surface area contributed by atoms with Crippen molar-refractivity contribution in [2.45, 2.75) is 65.7 Å². The summed E-state index contributed by atoms with van der Waals surface area (Å²) in [5, 5.41) is 0. The van der Waals surface area contributed by atoms with E-state index in [2.05, 4.69) is 13.5 Å². The second-order valence-corrected chi connectivity index (χ2v) is 4.75. The number of hydrogen-bond acceptors (Lipinski definition) is 3. The van der Waals surface area contributed by atoms with Gasteiger partial charge in [0.15, 0.2) is 0 Å². The van der Waals surface area contributed by atoms with E-state index in [0.29, 0.717) is 12.2 Å². The van der Waals surface area contributed by atoms with Gasteiger partial charge < -0.3 is 9.47 Å². The highest BCUT2D eigenvalue weighted by atomic mass is 16.7. The van der Waals surface area contributed by atoms with Crippen molar-refractivity contribution in [1.82, 2.24) is 0 Å². The number of ether oxygens (including phenoxy) is 2. The highest BCUT2D eigenvalue weighted by Gasteiger charge is 2.07. The van der Waals surface area contributed by atoms with Crippen LogP contribution in [0, 0.1) is 0 Å². The summed E-state index contributed by atoms with van der Waals surface area (Å²) < 4.78 is 10.4. The predicted molar refractivity (Wildman–Crippen MR) is 78.6 cm³/mol. The van der Waals surface area contributed by atoms with Crippen molar-refractivity contribution < 1.29 is 14.3 Å². The minimum absolute atomic E-state index is 0.277. The first-order chi connectivity index (χ1) is 9.11. The minimum atomic E-state index is -0.437. The Morgan fingerprint density at radius 2 is 1.68 bits per heavy atom. The maximum absolute atomic E-state index is 11.3. The van der Waals surface area contributed by atoms with Crippen molar-refractivity contribution in [2.24, 2.45) is 0 Å². The summed E-state index contributed by atoms with van der Waals surface area (Å²) in [6, 6.07) is 0. The van der Waals surface area contributed by atoms with Gasteiger partial charge in [-0.3, -0.25) is 0 Å². The van der Waals surface area contributed by atoms with E-state index in [9.17, 15) is 4.79 Å². The number of carbonyl (C=O) groups excluding carboxylic acids is 1. The van der Waals surface area contributed by atoms with Gasteiger partial charge in [0.2, 0.25) is 0 Å². The molecule has 3 nitrogen and oxygen atoms in total. The second-order valence-electron chi connectivity index (χ2n) is 4.75. The lowest BCUT2D eigenvalue weighted by atomic mass is 10.1. The van der Waals surface area contributed by atoms with Gasteiger partial charge >= 0.3 is 5.97 Å². The van der Waals surface area contributed by atoms with Crippen LogP contribution in [0.15, 0.2) is 24.2 Å². The Bertz CT molecular complexity index is 292. The van der Waals surface area contributed by atoms with Crippen molar-refractivity contribution in [3.63, 3.8) is 0 Å². The molecule has 0 radical (unpaired) electrons. The largest absolute Gasteiger partial charge is 0.465 e. The van der Waals surface area contributed by atoms with E-state index in [1.54, 1.807) is 19.9 Å². The molecule has 0 spiro atoms. The summed E-state index contributed by atoms with van der Waals surface area (Å²) in [6.07, 6.45) is 10.3. The van der Waals surface area contributed by atoms with E-state index in [0.717, 1.165) is 12.8 Å². The van der Waals surface area contributed by atoms with Crippen LogP contribution in [0.3, 0.4) is 0 Å². The summed E-state index contributed by atoms with van der Waals surface area (Å²) in [5.41, 5.74) is 0.374. The molecule has 0 saturated carbocycles. The van der Waals surface area contributed by atoms with Crippen LogP contribution in [0.5, 0.6) is 0 Å². The summed E-state index contributed by atoms with van der Waals surface area (Å²) in [6.45, 7) is 9.75. The molecule has 0 aliphatic heterocycles. The summed E-state index contributed by atoms with van der Waals surface area (Å²) in [7, 11) is 0. The Labute approximate surface area is 117 Å². The lowest BCUT2D eigenvalue weighted by molar-refractivity contribution is -0.140. The van der Waals surface area contributed by atoms with Crippen molar-refractivity contribution in [2.75, 3.05) is 6.61 Å². The molecule has 19 heavy (non-hydrogen) atoms. The van der Waals surface area contributed by atoms with E-state index in [4.69, 9.17) is 9.47 Å². The fourth-order valence-electron chi connectivity index (χ4n) is 1.58. The molecule has 0 amide bonds. The van der Waals surface area contributed by atoms with E-state index in [-0.39, 0.29) is 5.95 Å². The van der Waals surface area contributed by atoms with E-state index in [1.165, 1.54) is 32.1 Å². The van der Waals surface area contributed by atoms with Crippen molar-refractivity contribution in [3.8, 4) is 0 Å². The molecule has 0 aromatic carbocycles. The third kappa shape index (κ3) is 10.4. The first-order valence-corrected chi connectivity index (χ1v) is 7.28. The van der Waals surface area contributed by atoms with Crippen molar-refractivity contribution in [1.29, 1.82) is 0 Å². The molecule has 0 aliphatic carbocycles. The van der Waals surface area contributed by atoms with Crippen LogP contribution in [0.4, 0.5) is 0 Å². The van der Waals surface area contributed by atoms with Gasteiger partial charge in [-0.15, -0.1) is 0 Å². The quantitative estimate of drug-likeness (QED) is 0.235. The Morgan fingerprint density at radius 1 is 1.11 bits per heavy atom. The molecule has 0 aliphatic rings. The first-order valence-electron chi connectivity index (χ1n) is 7.28. The Kier molecular flexibility index (Phi) is 11.0. The highest BCUT2D eigenvalue weighted by molar-refractivity contribution is 5.87. The molecule has 0 unspecified atom stereocenters. The smallest absolute Gasteiger partial charge is 0.340 e. The third-order valence-electron chi connectivity index (χ3n) is 2.77. The molecule has 0 aromatic rings. The fraction of sp³-hybridized carbons (Fsp3) is 0.688. The molecule has 0 aromatic heterocycles. The molecular weight excluding hydrogens is 240 g/mol. The van der Waals surface area contributed by atoms with Gasteiger partial charge in [-0.1, -0.05) is 52.0 Å². The molecule has 0 fully saturated rings. The van der Waals surface area contributed by atoms with Crippen LogP contribution >= 0.6 is 0 Å². The van der Waals surface area contributed by atoms with Gasteiger partial charge in [-0.25, -0.2) is 4.79 Å². The fourth-order valence-corrected chi connectivity index (χ4v) is 1.58. The zero-order valence-corrected chi connectivity index (χ0v) is 12.7. The average Bonchev–Trinajstić information content (AvgIpc) is 2.39. The monoisotopic (exact) mass is 268 g/mol. The minimum Gasteiger partial charge on any atom is -0.465 e. The Morgan fingerprint density at radius 3 is 2.21 bits per heavy atom. The lowest BCUT2D eigenvalue weighted by Gasteiger charge is -2.10. The van der Waals surface area contributed by atoms with Gasteiger partial charge in [-0.05, 0) is 26.3 Å². The molecule has 110 valence electrons. The van der Waals surface area contributed by atoms with Crippen molar-refractivity contribution >= 4 is 5.97 Å². The predicted octanol–water partition coefficient (Wildman–Crippen LogP) is 4.73.